The summed E-state index contributed by atoms with van der Waals surface area (Å²) in [5.74, 6) is 4.79. The lowest BCUT2D eigenvalue weighted by Crippen LogP contribution is -2.37. The first-order valence-electron chi connectivity index (χ1n) is 6.10. The number of aryl methyl sites for hydroxylation is 1. The lowest BCUT2D eigenvalue weighted by molar-refractivity contribution is -0.128. The first kappa shape index (κ1) is 14.0. The fourth-order valence-corrected chi connectivity index (χ4v) is 1.80. The standard InChI is InChI=1S/C15H15FN2O2/c1-10-9-12(7-8-13(10)16)20-14(15(19)18-17)11-5-3-2-4-6-11/h2-9,14H,17H2,1H3,(H,18,19). The fraction of sp³-hybridized carbons (Fsp3) is 0.133. The summed E-state index contributed by atoms with van der Waals surface area (Å²) in [6.45, 7) is 1.63. The minimum atomic E-state index is -0.883. The number of hydrogen-bond donors (Lipinski definition) is 2. The third kappa shape index (κ3) is 3.13. The zero-order chi connectivity index (χ0) is 14.5. The first-order chi connectivity index (χ1) is 9.61. The summed E-state index contributed by atoms with van der Waals surface area (Å²) in [6.07, 6.45) is -0.883. The van der Waals surface area contributed by atoms with Gasteiger partial charge in [-0.1, -0.05) is 30.3 Å². The molecule has 3 N–H and O–H groups in total. The number of carbonyl (C=O) groups is 1. The number of nitrogens with one attached hydrogen (secondary N) is 1. The second kappa shape index (κ2) is 6.16. The molecule has 0 spiro atoms. The molecule has 0 radical (unpaired) electrons. The second-order valence-corrected chi connectivity index (χ2v) is 4.33. The Kier molecular flexibility index (Phi) is 4.32. The molecule has 0 aliphatic carbocycles. The summed E-state index contributed by atoms with van der Waals surface area (Å²) < 4.78 is 18.9. The number of hydrazine groups is 1. The van der Waals surface area contributed by atoms with E-state index in [0.29, 0.717) is 16.9 Å². The predicted octanol–water partition coefficient (Wildman–Crippen LogP) is 2.24. The number of amides is 1. The van der Waals surface area contributed by atoms with Crippen molar-refractivity contribution in [3.63, 3.8) is 0 Å². The van der Waals surface area contributed by atoms with Crippen molar-refractivity contribution in [2.24, 2.45) is 5.84 Å². The van der Waals surface area contributed by atoms with Crippen LogP contribution in [0.15, 0.2) is 48.5 Å². The molecule has 20 heavy (non-hydrogen) atoms. The highest BCUT2D eigenvalue weighted by Crippen LogP contribution is 2.24. The van der Waals surface area contributed by atoms with Gasteiger partial charge in [-0.2, -0.15) is 0 Å². The van der Waals surface area contributed by atoms with Crippen molar-refractivity contribution in [1.29, 1.82) is 0 Å². The predicted molar refractivity (Wildman–Crippen MR) is 73.3 cm³/mol. The van der Waals surface area contributed by atoms with Crippen molar-refractivity contribution in [2.45, 2.75) is 13.0 Å². The molecular formula is C15H15FN2O2. The Morgan fingerprint density at radius 3 is 2.55 bits per heavy atom. The van der Waals surface area contributed by atoms with E-state index in [1.165, 1.54) is 18.2 Å². The van der Waals surface area contributed by atoms with E-state index in [1.807, 2.05) is 6.07 Å². The molecule has 5 heteroatoms. The molecule has 4 nitrogen and oxygen atoms in total. The monoisotopic (exact) mass is 274 g/mol. The summed E-state index contributed by atoms with van der Waals surface area (Å²) in [7, 11) is 0. The van der Waals surface area contributed by atoms with Crippen LogP contribution in [0.4, 0.5) is 4.39 Å². The minimum absolute atomic E-state index is 0.322. The molecule has 0 aliphatic heterocycles. The van der Waals surface area contributed by atoms with Crippen molar-refractivity contribution < 1.29 is 13.9 Å². The molecular weight excluding hydrogens is 259 g/mol. The highest BCUT2D eigenvalue weighted by atomic mass is 19.1. The van der Waals surface area contributed by atoms with Crippen molar-refractivity contribution in [3.8, 4) is 5.75 Å². The van der Waals surface area contributed by atoms with Crippen LogP contribution in [0.5, 0.6) is 5.75 Å². The molecule has 0 saturated heterocycles. The van der Waals surface area contributed by atoms with E-state index in [2.05, 4.69) is 5.43 Å². The largest absolute Gasteiger partial charge is 0.476 e. The molecule has 1 amide bonds. The number of benzene rings is 2. The summed E-state index contributed by atoms with van der Waals surface area (Å²) in [5, 5.41) is 0. The molecule has 0 fully saturated rings. The minimum Gasteiger partial charge on any atom is -0.476 e. The van der Waals surface area contributed by atoms with Crippen LogP contribution in [0.3, 0.4) is 0 Å². The lowest BCUT2D eigenvalue weighted by Gasteiger charge is -2.18. The van der Waals surface area contributed by atoms with Crippen molar-refractivity contribution in [3.05, 3.63) is 65.5 Å². The van der Waals surface area contributed by atoms with Gasteiger partial charge in [0.25, 0.3) is 5.91 Å². The zero-order valence-corrected chi connectivity index (χ0v) is 11.0. The molecule has 0 aliphatic rings. The molecule has 0 heterocycles. The van der Waals surface area contributed by atoms with Gasteiger partial charge in [0, 0.05) is 5.56 Å². The first-order valence-corrected chi connectivity index (χ1v) is 6.10. The van der Waals surface area contributed by atoms with Gasteiger partial charge >= 0.3 is 0 Å². The van der Waals surface area contributed by atoms with Crippen LogP contribution in [-0.4, -0.2) is 5.91 Å². The Labute approximate surface area is 116 Å². The number of nitrogens with two attached hydrogens (primary N) is 1. The maximum atomic E-state index is 13.2. The number of halogens is 1. The van der Waals surface area contributed by atoms with Gasteiger partial charge in [0.1, 0.15) is 11.6 Å². The van der Waals surface area contributed by atoms with Crippen LogP contribution in [0, 0.1) is 12.7 Å². The van der Waals surface area contributed by atoms with Crippen LogP contribution >= 0.6 is 0 Å². The Hall–Kier alpha value is -2.40. The van der Waals surface area contributed by atoms with E-state index in [9.17, 15) is 9.18 Å². The Bertz CT molecular complexity index is 602. The quantitative estimate of drug-likeness (QED) is 0.510. The van der Waals surface area contributed by atoms with Gasteiger partial charge in [-0.3, -0.25) is 10.2 Å². The fourth-order valence-electron chi connectivity index (χ4n) is 1.80. The van der Waals surface area contributed by atoms with E-state index in [-0.39, 0.29) is 5.82 Å². The van der Waals surface area contributed by atoms with Gasteiger partial charge in [0.2, 0.25) is 6.10 Å². The number of ether oxygens (including phenoxy) is 1. The van der Waals surface area contributed by atoms with Gasteiger partial charge in [-0.15, -0.1) is 0 Å². The van der Waals surface area contributed by atoms with Gasteiger partial charge in [0.15, 0.2) is 0 Å². The lowest BCUT2D eigenvalue weighted by atomic mass is 10.1. The molecule has 0 aromatic heterocycles. The topological polar surface area (TPSA) is 64.3 Å². The molecule has 2 aromatic rings. The maximum absolute atomic E-state index is 13.2. The van der Waals surface area contributed by atoms with Gasteiger partial charge in [-0.25, -0.2) is 10.2 Å². The van der Waals surface area contributed by atoms with Gasteiger partial charge in [0.05, 0.1) is 0 Å². The molecule has 1 unspecified atom stereocenters. The van der Waals surface area contributed by atoms with Gasteiger partial charge in [-0.05, 0) is 30.7 Å². The van der Waals surface area contributed by atoms with Crippen molar-refractivity contribution in [2.75, 3.05) is 0 Å². The molecule has 1 atom stereocenters. The van der Waals surface area contributed by atoms with E-state index in [0.717, 1.165) is 0 Å². The highest BCUT2D eigenvalue weighted by molar-refractivity contribution is 5.82. The second-order valence-electron chi connectivity index (χ2n) is 4.33. The molecule has 2 aromatic carbocycles. The van der Waals surface area contributed by atoms with E-state index in [1.54, 1.807) is 31.2 Å². The summed E-state index contributed by atoms with van der Waals surface area (Å²) >= 11 is 0. The Morgan fingerprint density at radius 1 is 1.25 bits per heavy atom. The number of carbonyl (C=O) groups excluding carboxylic acids is 1. The summed E-state index contributed by atoms with van der Waals surface area (Å²) in [5.41, 5.74) is 3.18. The number of rotatable bonds is 4. The smallest absolute Gasteiger partial charge is 0.279 e. The number of hydrogen-bond acceptors (Lipinski definition) is 3. The normalized spacial score (nSPS) is 11.8. The summed E-state index contributed by atoms with van der Waals surface area (Å²) in [4.78, 5) is 11.8. The average Bonchev–Trinajstić information content (AvgIpc) is 2.48. The van der Waals surface area contributed by atoms with E-state index >= 15 is 0 Å². The molecule has 0 saturated carbocycles. The Morgan fingerprint density at radius 2 is 1.95 bits per heavy atom. The zero-order valence-electron chi connectivity index (χ0n) is 11.0. The Balaban J connectivity index is 2.28. The van der Waals surface area contributed by atoms with Crippen molar-refractivity contribution in [1.82, 2.24) is 5.43 Å². The molecule has 2 rings (SSSR count). The SMILES string of the molecule is Cc1cc(OC(C(=O)NN)c2ccccc2)ccc1F. The summed E-state index contributed by atoms with van der Waals surface area (Å²) in [6, 6.07) is 13.3. The van der Waals surface area contributed by atoms with Crippen LogP contribution in [-0.2, 0) is 4.79 Å². The molecule has 0 bridgehead atoms. The average molecular weight is 274 g/mol. The van der Waals surface area contributed by atoms with Gasteiger partial charge < -0.3 is 4.74 Å². The highest BCUT2D eigenvalue weighted by Gasteiger charge is 2.21. The third-order valence-electron chi connectivity index (χ3n) is 2.87. The van der Waals surface area contributed by atoms with Crippen LogP contribution < -0.4 is 16.0 Å². The third-order valence-corrected chi connectivity index (χ3v) is 2.87. The van der Waals surface area contributed by atoms with E-state index < -0.39 is 12.0 Å². The van der Waals surface area contributed by atoms with E-state index in [4.69, 9.17) is 10.6 Å². The van der Waals surface area contributed by atoms with Crippen LogP contribution in [0.25, 0.3) is 0 Å². The molecule has 104 valence electrons. The van der Waals surface area contributed by atoms with Crippen molar-refractivity contribution >= 4 is 5.91 Å². The van der Waals surface area contributed by atoms with Crippen LogP contribution in [0.1, 0.15) is 17.2 Å². The maximum Gasteiger partial charge on any atom is 0.279 e. The van der Waals surface area contributed by atoms with Crippen LogP contribution in [0.2, 0.25) is 0 Å².